The van der Waals surface area contributed by atoms with Gasteiger partial charge in [0.05, 0.1) is 18.4 Å². The average molecular weight is 409 g/mol. The molecular formula is C22H19NO5S. The summed E-state index contributed by atoms with van der Waals surface area (Å²) in [5, 5.41) is 5.23. The van der Waals surface area contributed by atoms with E-state index in [0.717, 1.165) is 16.7 Å². The molecule has 4 rings (SSSR count). The number of fused-ring (bicyclic) bond motifs is 3. The van der Waals surface area contributed by atoms with E-state index in [9.17, 15) is 13.2 Å². The molecule has 0 aliphatic carbocycles. The van der Waals surface area contributed by atoms with Gasteiger partial charge in [0.25, 0.3) is 0 Å². The van der Waals surface area contributed by atoms with Crippen LogP contribution in [0, 0.1) is 0 Å². The van der Waals surface area contributed by atoms with Gasteiger partial charge in [-0.1, -0.05) is 54.6 Å². The first-order valence-corrected chi connectivity index (χ1v) is 10.7. The van der Waals surface area contributed by atoms with E-state index in [-0.39, 0.29) is 5.75 Å². The summed E-state index contributed by atoms with van der Waals surface area (Å²) >= 11 is 0. The van der Waals surface area contributed by atoms with Crippen LogP contribution in [0.3, 0.4) is 0 Å². The number of hydrogen-bond acceptors (Lipinski definition) is 5. The lowest BCUT2D eigenvalue weighted by Crippen LogP contribution is -2.19. The molecule has 0 amide bonds. The number of esters is 1. The monoisotopic (exact) mass is 409 g/mol. The number of ether oxygens (including phenoxy) is 2. The Morgan fingerprint density at radius 1 is 1.07 bits per heavy atom. The number of hydrogen-bond donors (Lipinski definition) is 1. The van der Waals surface area contributed by atoms with Crippen LogP contribution in [0.4, 0.5) is 0 Å². The molecule has 0 radical (unpaired) electrons. The summed E-state index contributed by atoms with van der Waals surface area (Å²) in [7, 11) is -2.36. The smallest absolute Gasteiger partial charge is 0.338 e. The summed E-state index contributed by atoms with van der Waals surface area (Å²) in [6.07, 6.45) is -0.452. The van der Waals surface area contributed by atoms with Crippen molar-refractivity contribution < 1.29 is 22.7 Å². The van der Waals surface area contributed by atoms with Gasteiger partial charge in [0, 0.05) is 11.1 Å². The van der Waals surface area contributed by atoms with Crippen molar-refractivity contribution >= 4 is 16.0 Å². The highest BCUT2D eigenvalue weighted by Crippen LogP contribution is 2.46. The van der Waals surface area contributed by atoms with Gasteiger partial charge in [-0.3, -0.25) is 0 Å². The first-order valence-electron chi connectivity index (χ1n) is 8.94. The Bertz CT molecular complexity index is 1190. The van der Waals surface area contributed by atoms with E-state index in [4.69, 9.17) is 14.6 Å². The van der Waals surface area contributed by atoms with Crippen molar-refractivity contribution in [1.82, 2.24) is 0 Å². The second-order valence-corrected chi connectivity index (χ2v) is 8.42. The van der Waals surface area contributed by atoms with Crippen molar-refractivity contribution in [3.63, 3.8) is 0 Å². The molecule has 0 spiro atoms. The van der Waals surface area contributed by atoms with E-state index in [1.165, 1.54) is 7.11 Å². The molecule has 1 unspecified atom stereocenters. The predicted octanol–water partition coefficient (Wildman–Crippen LogP) is 3.41. The Kier molecular flexibility index (Phi) is 4.86. The summed E-state index contributed by atoms with van der Waals surface area (Å²) in [5.41, 5.74) is 4.03. The number of nitrogens with two attached hydrogens (primary N) is 1. The summed E-state index contributed by atoms with van der Waals surface area (Å²) in [6.45, 7) is 0. The van der Waals surface area contributed by atoms with Crippen LogP contribution in [0.15, 0.2) is 66.7 Å². The van der Waals surface area contributed by atoms with Gasteiger partial charge in [-0.15, -0.1) is 0 Å². The molecule has 6 nitrogen and oxygen atoms in total. The van der Waals surface area contributed by atoms with Crippen molar-refractivity contribution in [3.05, 3.63) is 89.0 Å². The summed E-state index contributed by atoms with van der Waals surface area (Å²) in [5.74, 6) is -0.190. The normalized spacial score (nSPS) is 15.0. The standard InChI is InChI=1S/C22H19NO5S/c1-27-22(24)17-8-5-9-19-20(17)16-11-10-14(13-29(23,25)26)12-18(16)21(28-19)15-6-3-2-4-7-15/h2-12,21H,13H2,1H3,(H2,23,25,26). The predicted molar refractivity (Wildman–Crippen MR) is 109 cm³/mol. The lowest BCUT2D eigenvalue weighted by atomic mass is 9.86. The first kappa shape index (κ1) is 19.2. The third-order valence-corrected chi connectivity index (χ3v) is 5.55. The van der Waals surface area contributed by atoms with Crippen LogP contribution < -0.4 is 9.88 Å². The van der Waals surface area contributed by atoms with E-state index in [0.29, 0.717) is 22.4 Å². The van der Waals surface area contributed by atoms with Gasteiger partial charge in [0.1, 0.15) is 11.9 Å². The fourth-order valence-corrected chi connectivity index (χ4v) is 4.28. The molecule has 2 N–H and O–H groups in total. The van der Waals surface area contributed by atoms with Gasteiger partial charge in [-0.25, -0.2) is 18.4 Å². The van der Waals surface area contributed by atoms with E-state index in [1.807, 2.05) is 30.3 Å². The summed E-state index contributed by atoms with van der Waals surface area (Å²) in [4.78, 5) is 12.3. The molecule has 0 fully saturated rings. The zero-order valence-electron chi connectivity index (χ0n) is 15.7. The lowest BCUT2D eigenvalue weighted by Gasteiger charge is -2.30. The van der Waals surface area contributed by atoms with E-state index in [1.54, 1.807) is 36.4 Å². The van der Waals surface area contributed by atoms with Gasteiger partial charge in [-0.2, -0.15) is 0 Å². The zero-order chi connectivity index (χ0) is 20.6. The molecule has 1 aliphatic rings. The number of carbonyl (C=O) groups is 1. The van der Waals surface area contributed by atoms with Crippen LogP contribution in [0.25, 0.3) is 11.1 Å². The maximum absolute atomic E-state index is 12.3. The van der Waals surface area contributed by atoms with Gasteiger partial charge in [0.2, 0.25) is 10.0 Å². The minimum Gasteiger partial charge on any atom is -0.480 e. The zero-order valence-corrected chi connectivity index (χ0v) is 16.5. The number of methoxy groups -OCH3 is 1. The molecule has 7 heteroatoms. The Morgan fingerprint density at radius 2 is 1.83 bits per heavy atom. The van der Waals surface area contributed by atoms with Crippen molar-refractivity contribution in [2.45, 2.75) is 11.9 Å². The fourth-order valence-electron chi connectivity index (χ4n) is 3.63. The van der Waals surface area contributed by atoms with Crippen LogP contribution in [0.2, 0.25) is 0 Å². The topological polar surface area (TPSA) is 95.7 Å². The fraction of sp³-hybridized carbons (Fsp3) is 0.136. The van der Waals surface area contributed by atoms with E-state index >= 15 is 0 Å². The third-order valence-electron chi connectivity index (χ3n) is 4.81. The Hall–Kier alpha value is -3.16. The van der Waals surface area contributed by atoms with Gasteiger partial charge in [0.15, 0.2) is 0 Å². The van der Waals surface area contributed by atoms with Crippen LogP contribution in [0.5, 0.6) is 5.75 Å². The van der Waals surface area contributed by atoms with Gasteiger partial charge in [-0.05, 0) is 28.8 Å². The molecule has 3 aromatic carbocycles. The molecule has 1 aliphatic heterocycles. The molecule has 148 valence electrons. The maximum Gasteiger partial charge on any atom is 0.338 e. The number of primary sulfonamides is 1. The number of sulfonamides is 1. The van der Waals surface area contributed by atoms with E-state index < -0.39 is 22.1 Å². The molecule has 0 saturated heterocycles. The third kappa shape index (κ3) is 3.74. The second-order valence-electron chi connectivity index (χ2n) is 6.81. The number of carbonyl (C=O) groups excluding carboxylic acids is 1. The molecule has 3 aromatic rings. The van der Waals surface area contributed by atoms with Gasteiger partial charge >= 0.3 is 5.97 Å². The molecule has 0 aromatic heterocycles. The average Bonchev–Trinajstić information content (AvgIpc) is 2.71. The number of rotatable bonds is 4. The van der Waals surface area contributed by atoms with Crippen LogP contribution in [0.1, 0.15) is 33.2 Å². The minimum absolute atomic E-state index is 0.284. The van der Waals surface area contributed by atoms with Crippen molar-refractivity contribution in [3.8, 4) is 16.9 Å². The highest BCUT2D eigenvalue weighted by Gasteiger charge is 2.31. The molecule has 0 saturated carbocycles. The Balaban J connectivity index is 1.95. The van der Waals surface area contributed by atoms with Crippen LogP contribution >= 0.6 is 0 Å². The Morgan fingerprint density at radius 3 is 2.52 bits per heavy atom. The SMILES string of the molecule is COC(=O)c1cccc2c1-c1ccc(CS(N)(=O)=O)cc1C(c1ccccc1)O2. The lowest BCUT2D eigenvalue weighted by molar-refractivity contribution is 0.0600. The van der Waals surface area contributed by atoms with Crippen molar-refractivity contribution in [1.29, 1.82) is 0 Å². The Labute approximate surface area is 168 Å². The molecule has 1 heterocycles. The van der Waals surface area contributed by atoms with E-state index in [2.05, 4.69) is 0 Å². The first-order chi connectivity index (χ1) is 13.9. The van der Waals surface area contributed by atoms with Crippen LogP contribution in [-0.2, 0) is 20.5 Å². The largest absolute Gasteiger partial charge is 0.480 e. The maximum atomic E-state index is 12.3. The van der Waals surface area contributed by atoms with Crippen molar-refractivity contribution in [2.75, 3.05) is 7.11 Å². The van der Waals surface area contributed by atoms with Gasteiger partial charge < -0.3 is 9.47 Å². The highest BCUT2D eigenvalue weighted by molar-refractivity contribution is 7.88. The van der Waals surface area contributed by atoms with Crippen molar-refractivity contribution in [2.24, 2.45) is 5.14 Å². The highest BCUT2D eigenvalue weighted by atomic mass is 32.2. The molecule has 0 bridgehead atoms. The quantitative estimate of drug-likeness (QED) is 0.666. The second kappa shape index (κ2) is 7.35. The molecule has 1 atom stereocenters. The van der Waals surface area contributed by atoms with Crippen LogP contribution in [-0.4, -0.2) is 21.5 Å². The molecule has 29 heavy (non-hydrogen) atoms. The summed E-state index contributed by atoms with van der Waals surface area (Å²) in [6, 6.07) is 20.1. The minimum atomic E-state index is -3.69. The molecular weight excluding hydrogens is 390 g/mol. The summed E-state index contributed by atoms with van der Waals surface area (Å²) < 4.78 is 34.4. The number of benzene rings is 3.